The van der Waals surface area contributed by atoms with Crippen LogP contribution in [0.5, 0.6) is 0 Å². The number of amides is 4. The number of benzene rings is 1. The SMILES string of the molecule is O=C(CCCC[C@@H]1SC[C@@H]2NC(=O)N[C@@H]21)NCCCCCNC(=O)c1cc(Br)cc(Br)c1. The molecule has 4 N–H and O–H groups in total. The maximum Gasteiger partial charge on any atom is 0.315 e. The molecule has 2 aliphatic heterocycles. The van der Waals surface area contributed by atoms with Crippen LogP contribution in [0.3, 0.4) is 0 Å². The first-order chi connectivity index (χ1) is 15.4. The van der Waals surface area contributed by atoms with E-state index in [2.05, 4.69) is 53.1 Å². The average Bonchev–Trinajstić information content (AvgIpc) is 3.29. The molecule has 0 saturated carbocycles. The van der Waals surface area contributed by atoms with Gasteiger partial charge in [0.05, 0.1) is 12.1 Å². The monoisotopic (exact) mass is 588 g/mol. The Morgan fingerprint density at radius 2 is 1.69 bits per heavy atom. The van der Waals surface area contributed by atoms with Crippen LogP contribution in [-0.4, -0.2) is 54.0 Å². The highest BCUT2D eigenvalue weighted by Gasteiger charge is 2.42. The largest absolute Gasteiger partial charge is 0.356 e. The molecule has 1 aromatic rings. The molecule has 2 heterocycles. The van der Waals surface area contributed by atoms with Gasteiger partial charge >= 0.3 is 6.03 Å². The van der Waals surface area contributed by atoms with E-state index in [1.54, 1.807) is 12.1 Å². The molecule has 0 radical (unpaired) electrons. The summed E-state index contributed by atoms with van der Waals surface area (Å²) in [5.74, 6) is 0.991. The molecule has 7 nitrogen and oxygen atoms in total. The van der Waals surface area contributed by atoms with Crippen LogP contribution in [0.25, 0.3) is 0 Å². The van der Waals surface area contributed by atoms with E-state index in [9.17, 15) is 14.4 Å². The first-order valence-corrected chi connectivity index (χ1v) is 13.8. The number of unbranched alkanes of at least 4 members (excludes halogenated alkanes) is 3. The molecule has 0 spiro atoms. The van der Waals surface area contributed by atoms with Gasteiger partial charge in [0.1, 0.15) is 0 Å². The van der Waals surface area contributed by atoms with Gasteiger partial charge in [0.15, 0.2) is 0 Å². The third kappa shape index (κ3) is 7.95. The van der Waals surface area contributed by atoms with E-state index in [1.165, 1.54) is 0 Å². The molecule has 176 valence electrons. The summed E-state index contributed by atoms with van der Waals surface area (Å²) < 4.78 is 1.72. The summed E-state index contributed by atoms with van der Waals surface area (Å²) in [6, 6.07) is 5.93. The molecule has 10 heteroatoms. The molecule has 32 heavy (non-hydrogen) atoms. The quantitative estimate of drug-likeness (QED) is 0.219. The van der Waals surface area contributed by atoms with Crippen molar-refractivity contribution in [2.24, 2.45) is 0 Å². The van der Waals surface area contributed by atoms with Crippen LogP contribution in [0.2, 0.25) is 0 Å². The molecule has 0 unspecified atom stereocenters. The van der Waals surface area contributed by atoms with Crippen molar-refractivity contribution >= 4 is 61.5 Å². The molecule has 3 atom stereocenters. The zero-order valence-electron chi connectivity index (χ0n) is 17.9. The Morgan fingerprint density at radius 1 is 0.969 bits per heavy atom. The molecule has 0 bridgehead atoms. The van der Waals surface area contributed by atoms with Gasteiger partial charge in [0, 0.05) is 45.0 Å². The van der Waals surface area contributed by atoms with Crippen LogP contribution in [0, 0.1) is 0 Å². The summed E-state index contributed by atoms with van der Waals surface area (Å²) >= 11 is 8.69. The van der Waals surface area contributed by atoms with Crippen molar-refractivity contribution < 1.29 is 14.4 Å². The van der Waals surface area contributed by atoms with Crippen molar-refractivity contribution in [1.82, 2.24) is 21.3 Å². The third-order valence-corrected chi connectivity index (χ3v) is 8.09. The van der Waals surface area contributed by atoms with Gasteiger partial charge in [-0.2, -0.15) is 11.8 Å². The van der Waals surface area contributed by atoms with Gasteiger partial charge in [-0.25, -0.2) is 4.79 Å². The Balaban J connectivity index is 1.16. The summed E-state index contributed by atoms with van der Waals surface area (Å²) in [6.45, 7) is 1.29. The number of nitrogens with one attached hydrogen (secondary N) is 4. The van der Waals surface area contributed by atoms with Gasteiger partial charge in [-0.15, -0.1) is 0 Å². The van der Waals surface area contributed by atoms with Crippen molar-refractivity contribution in [2.45, 2.75) is 62.3 Å². The summed E-state index contributed by atoms with van der Waals surface area (Å²) in [6.07, 6.45) is 6.18. The van der Waals surface area contributed by atoms with E-state index in [1.807, 2.05) is 17.8 Å². The average molecular weight is 590 g/mol. The van der Waals surface area contributed by atoms with Gasteiger partial charge in [-0.05, 0) is 50.3 Å². The lowest BCUT2D eigenvalue weighted by molar-refractivity contribution is -0.121. The lowest BCUT2D eigenvalue weighted by Gasteiger charge is -2.16. The number of halogens is 2. The molecule has 1 aromatic carbocycles. The second-order valence-corrected chi connectivity index (χ2v) is 11.3. The van der Waals surface area contributed by atoms with Crippen molar-refractivity contribution in [3.05, 3.63) is 32.7 Å². The van der Waals surface area contributed by atoms with Crippen LogP contribution in [0.15, 0.2) is 27.1 Å². The Kier molecular flexibility index (Phi) is 10.2. The lowest BCUT2D eigenvalue weighted by atomic mass is 10.0. The second-order valence-electron chi connectivity index (χ2n) is 8.19. The molecule has 4 amide bonds. The third-order valence-electron chi connectivity index (χ3n) is 5.67. The maximum absolute atomic E-state index is 12.2. The van der Waals surface area contributed by atoms with Gasteiger partial charge < -0.3 is 21.3 Å². The molecule has 2 fully saturated rings. The second kappa shape index (κ2) is 12.8. The summed E-state index contributed by atoms with van der Waals surface area (Å²) in [5, 5.41) is 12.3. The number of thioether (sulfide) groups is 1. The van der Waals surface area contributed by atoms with E-state index in [4.69, 9.17) is 0 Å². The van der Waals surface area contributed by atoms with Crippen molar-refractivity contribution in [2.75, 3.05) is 18.8 Å². The first-order valence-electron chi connectivity index (χ1n) is 11.1. The topological polar surface area (TPSA) is 99.3 Å². The van der Waals surface area contributed by atoms with E-state index < -0.39 is 0 Å². The predicted octanol–water partition coefficient (Wildman–Crippen LogP) is 3.95. The van der Waals surface area contributed by atoms with Gasteiger partial charge in [-0.1, -0.05) is 38.3 Å². The van der Waals surface area contributed by atoms with Crippen molar-refractivity contribution in [1.29, 1.82) is 0 Å². The maximum atomic E-state index is 12.2. The fourth-order valence-electron chi connectivity index (χ4n) is 4.01. The van der Waals surface area contributed by atoms with E-state index in [0.717, 1.165) is 53.2 Å². The molecule has 0 aliphatic carbocycles. The lowest BCUT2D eigenvalue weighted by Crippen LogP contribution is -2.36. The highest BCUT2D eigenvalue weighted by molar-refractivity contribution is 9.11. The fraction of sp³-hybridized carbons (Fsp3) is 0.591. The first kappa shape index (κ1) is 25.4. The van der Waals surface area contributed by atoms with E-state index >= 15 is 0 Å². The highest BCUT2D eigenvalue weighted by atomic mass is 79.9. The molecular weight excluding hydrogens is 560 g/mol. The van der Waals surface area contributed by atoms with Gasteiger partial charge in [0.25, 0.3) is 5.91 Å². The van der Waals surface area contributed by atoms with E-state index in [0.29, 0.717) is 30.3 Å². The molecular formula is C22H30Br2N4O3S. The van der Waals surface area contributed by atoms with Crippen molar-refractivity contribution in [3.8, 4) is 0 Å². The fourth-order valence-corrected chi connectivity index (χ4v) is 6.84. The number of carbonyl (C=O) groups is 3. The predicted molar refractivity (Wildman–Crippen MR) is 135 cm³/mol. The van der Waals surface area contributed by atoms with Gasteiger partial charge in [-0.3, -0.25) is 9.59 Å². The Labute approximate surface area is 210 Å². The summed E-state index contributed by atoms with van der Waals surface area (Å²) in [7, 11) is 0. The minimum atomic E-state index is -0.0848. The molecule has 0 aromatic heterocycles. The Hall–Kier alpha value is -1.26. The van der Waals surface area contributed by atoms with Crippen LogP contribution >= 0.6 is 43.6 Å². The molecule has 2 saturated heterocycles. The van der Waals surface area contributed by atoms with Gasteiger partial charge in [0.2, 0.25) is 5.91 Å². The highest BCUT2D eigenvalue weighted by Crippen LogP contribution is 2.33. The Bertz CT molecular complexity index is 806. The molecule has 2 aliphatic rings. The van der Waals surface area contributed by atoms with E-state index in [-0.39, 0.29) is 29.9 Å². The smallest absolute Gasteiger partial charge is 0.315 e. The standard InChI is InChI=1S/C22H30Br2N4O3S/c23-15-10-14(11-16(24)12-15)21(30)26-9-5-1-4-8-25-19(29)7-3-2-6-18-20-17(13-32-18)27-22(31)28-20/h10-12,17-18,20H,1-9,13H2,(H,25,29)(H,26,30)(H2,27,28,31)/t17-,18-,20-/m0/s1. The number of hydrogen-bond acceptors (Lipinski definition) is 4. The number of hydrogen-bond donors (Lipinski definition) is 4. The van der Waals surface area contributed by atoms with Crippen LogP contribution in [-0.2, 0) is 4.79 Å². The molecule has 3 rings (SSSR count). The Morgan fingerprint density at radius 3 is 2.44 bits per heavy atom. The zero-order valence-corrected chi connectivity index (χ0v) is 21.9. The van der Waals surface area contributed by atoms with Crippen molar-refractivity contribution in [3.63, 3.8) is 0 Å². The van der Waals surface area contributed by atoms with Crippen LogP contribution in [0.1, 0.15) is 55.3 Å². The number of urea groups is 1. The normalized spacial score (nSPS) is 21.6. The number of fused-ring (bicyclic) bond motifs is 1. The van der Waals surface area contributed by atoms with Crippen LogP contribution < -0.4 is 21.3 Å². The summed E-state index contributed by atoms with van der Waals surface area (Å²) in [5.41, 5.74) is 0.620. The number of rotatable bonds is 12. The zero-order chi connectivity index (χ0) is 22.9. The minimum Gasteiger partial charge on any atom is -0.356 e. The minimum absolute atomic E-state index is 0.0512. The van der Waals surface area contributed by atoms with Crippen LogP contribution in [0.4, 0.5) is 4.79 Å². The summed E-state index contributed by atoms with van der Waals surface area (Å²) in [4.78, 5) is 35.6. The number of carbonyl (C=O) groups excluding carboxylic acids is 3.